The SMILES string of the molecule is COc1cc2c(cc1O[Si](C)(C)C(C)(C)C)N(C(=O)CNC(=O)OCC1c3ccccc3-c3ccccc31)C[C@@H]1CCCN1C2=O. The van der Waals surface area contributed by atoms with Crippen molar-refractivity contribution in [1.29, 1.82) is 0 Å². The summed E-state index contributed by atoms with van der Waals surface area (Å²) in [6.45, 7) is 11.6. The maximum absolute atomic E-state index is 13.9. The number of hydrogen-bond acceptors (Lipinski definition) is 6. The lowest BCUT2D eigenvalue weighted by Gasteiger charge is -2.37. The molecule has 0 aromatic heterocycles. The first kappa shape index (κ1) is 31.7. The maximum atomic E-state index is 13.9. The zero-order valence-electron chi connectivity index (χ0n) is 27.5. The number of nitrogens with zero attached hydrogens (tertiary/aromatic N) is 2. The van der Waals surface area contributed by atoms with E-state index in [1.165, 1.54) is 0 Å². The number of hydrogen-bond donors (Lipinski definition) is 1. The zero-order chi connectivity index (χ0) is 32.8. The minimum atomic E-state index is -2.29. The third-order valence-corrected chi connectivity index (χ3v) is 14.4. The molecule has 242 valence electrons. The number of fused-ring (bicyclic) bond motifs is 5. The molecule has 1 saturated heterocycles. The van der Waals surface area contributed by atoms with Crippen LogP contribution in [0.1, 0.15) is 61.0 Å². The molecule has 2 aliphatic heterocycles. The third-order valence-electron chi connectivity index (χ3n) is 10.0. The molecule has 3 aromatic carbocycles. The topological polar surface area (TPSA) is 97.4 Å². The number of amides is 3. The number of carbonyl (C=O) groups is 3. The van der Waals surface area contributed by atoms with Gasteiger partial charge >= 0.3 is 6.09 Å². The molecular formula is C36H43N3O6Si. The fourth-order valence-electron chi connectivity index (χ4n) is 6.50. The van der Waals surface area contributed by atoms with Crippen LogP contribution < -0.4 is 19.4 Å². The van der Waals surface area contributed by atoms with Gasteiger partial charge < -0.3 is 29.0 Å². The first-order valence-electron chi connectivity index (χ1n) is 16.0. The van der Waals surface area contributed by atoms with Gasteiger partial charge in [-0.05, 0) is 59.3 Å². The highest BCUT2D eigenvalue weighted by Gasteiger charge is 2.42. The number of methoxy groups -OCH3 is 1. The minimum Gasteiger partial charge on any atom is -0.541 e. The van der Waals surface area contributed by atoms with Crippen LogP contribution in [0.15, 0.2) is 60.7 Å². The minimum absolute atomic E-state index is 0.0776. The molecule has 1 aliphatic carbocycles. The first-order chi connectivity index (χ1) is 21.9. The van der Waals surface area contributed by atoms with E-state index < -0.39 is 14.4 Å². The smallest absolute Gasteiger partial charge is 0.407 e. The van der Waals surface area contributed by atoms with Gasteiger partial charge in [-0.15, -0.1) is 0 Å². The van der Waals surface area contributed by atoms with Gasteiger partial charge in [-0.1, -0.05) is 69.3 Å². The monoisotopic (exact) mass is 641 g/mol. The molecule has 46 heavy (non-hydrogen) atoms. The second-order valence-corrected chi connectivity index (χ2v) is 18.6. The summed E-state index contributed by atoms with van der Waals surface area (Å²) in [6.07, 6.45) is 1.00. The zero-order valence-corrected chi connectivity index (χ0v) is 28.5. The largest absolute Gasteiger partial charge is 0.541 e. The van der Waals surface area contributed by atoms with Crippen LogP contribution in [0.2, 0.25) is 18.1 Å². The van der Waals surface area contributed by atoms with E-state index in [0.717, 1.165) is 35.1 Å². The molecule has 3 amide bonds. The lowest BCUT2D eigenvalue weighted by molar-refractivity contribution is -0.117. The van der Waals surface area contributed by atoms with Crippen LogP contribution in [0.3, 0.4) is 0 Å². The summed E-state index contributed by atoms with van der Waals surface area (Å²) >= 11 is 0. The van der Waals surface area contributed by atoms with E-state index in [9.17, 15) is 14.4 Å². The quantitative estimate of drug-likeness (QED) is 0.293. The van der Waals surface area contributed by atoms with Crippen molar-refractivity contribution in [1.82, 2.24) is 10.2 Å². The van der Waals surface area contributed by atoms with E-state index in [0.29, 0.717) is 35.8 Å². The molecule has 10 heteroatoms. The van der Waals surface area contributed by atoms with Crippen molar-refractivity contribution in [3.63, 3.8) is 0 Å². The molecule has 3 aromatic rings. The molecule has 2 heterocycles. The van der Waals surface area contributed by atoms with Gasteiger partial charge in [0.05, 0.1) is 24.4 Å². The highest BCUT2D eigenvalue weighted by molar-refractivity contribution is 6.74. The van der Waals surface area contributed by atoms with Crippen molar-refractivity contribution in [2.75, 3.05) is 38.3 Å². The van der Waals surface area contributed by atoms with Crippen LogP contribution in [0.25, 0.3) is 11.1 Å². The Bertz CT molecular complexity index is 1640. The summed E-state index contributed by atoms with van der Waals surface area (Å²) in [7, 11) is -0.731. The fourth-order valence-corrected chi connectivity index (χ4v) is 7.51. The summed E-state index contributed by atoms with van der Waals surface area (Å²) in [5.74, 6) is 0.415. The van der Waals surface area contributed by atoms with Crippen molar-refractivity contribution in [2.45, 2.75) is 63.7 Å². The molecule has 3 aliphatic rings. The van der Waals surface area contributed by atoms with Gasteiger partial charge in [0.15, 0.2) is 5.75 Å². The van der Waals surface area contributed by atoms with Crippen molar-refractivity contribution in [2.24, 2.45) is 0 Å². The van der Waals surface area contributed by atoms with Crippen LogP contribution in [0.4, 0.5) is 10.5 Å². The molecule has 0 spiro atoms. The highest BCUT2D eigenvalue weighted by Crippen LogP contribution is 2.45. The Hall–Kier alpha value is -4.31. The second kappa shape index (κ2) is 12.1. The van der Waals surface area contributed by atoms with Gasteiger partial charge in [-0.25, -0.2) is 4.79 Å². The van der Waals surface area contributed by atoms with Gasteiger partial charge in [-0.3, -0.25) is 9.59 Å². The summed E-state index contributed by atoms with van der Waals surface area (Å²) in [6, 6.07) is 19.6. The molecular weight excluding hydrogens is 598 g/mol. The lowest BCUT2D eigenvalue weighted by atomic mass is 9.98. The van der Waals surface area contributed by atoms with E-state index in [-0.39, 0.29) is 42.0 Å². The number of ether oxygens (including phenoxy) is 2. The van der Waals surface area contributed by atoms with Gasteiger partial charge in [0.1, 0.15) is 18.9 Å². The van der Waals surface area contributed by atoms with E-state index in [1.807, 2.05) is 29.2 Å². The number of benzene rings is 3. The Kier molecular flexibility index (Phi) is 8.35. The normalized spacial score (nSPS) is 17.4. The van der Waals surface area contributed by atoms with Crippen molar-refractivity contribution < 1.29 is 28.3 Å². The van der Waals surface area contributed by atoms with Gasteiger partial charge in [0.2, 0.25) is 5.91 Å². The van der Waals surface area contributed by atoms with E-state index in [2.05, 4.69) is 63.4 Å². The highest BCUT2D eigenvalue weighted by atomic mass is 28.4. The molecule has 0 bridgehead atoms. The number of anilines is 1. The van der Waals surface area contributed by atoms with Crippen LogP contribution in [-0.2, 0) is 9.53 Å². The van der Waals surface area contributed by atoms with Crippen molar-refractivity contribution >= 4 is 31.9 Å². The summed E-state index contributed by atoms with van der Waals surface area (Å²) in [5.41, 5.74) is 5.38. The van der Waals surface area contributed by atoms with E-state index >= 15 is 0 Å². The number of alkyl carbamates (subject to hydrolysis) is 1. The molecule has 0 radical (unpaired) electrons. The molecule has 1 N–H and O–H groups in total. The Balaban J connectivity index is 1.21. The van der Waals surface area contributed by atoms with Gasteiger partial charge in [-0.2, -0.15) is 0 Å². The van der Waals surface area contributed by atoms with Crippen molar-refractivity contribution in [3.05, 3.63) is 77.4 Å². The fraction of sp³-hybridized carbons (Fsp3) is 0.417. The number of rotatable bonds is 7. The van der Waals surface area contributed by atoms with E-state index in [4.69, 9.17) is 13.9 Å². The van der Waals surface area contributed by atoms with Gasteiger partial charge in [0, 0.05) is 25.1 Å². The standard InChI is InChI=1S/C36H43N3O6Si/c1-36(2,3)46(5,6)45-32-19-30-28(18-31(32)43-4)34(41)38-17-11-12-23(38)21-39(30)33(40)20-37-35(42)44-22-29-26-15-9-7-13-24(26)25-14-8-10-16-27(25)29/h7-10,13-16,18-19,23,29H,11-12,17,20-22H2,1-6H3,(H,37,42)/t23-/m0/s1. The summed E-state index contributed by atoms with van der Waals surface area (Å²) in [4.78, 5) is 44.1. The van der Waals surface area contributed by atoms with Crippen LogP contribution in [0.5, 0.6) is 11.5 Å². The average molecular weight is 642 g/mol. The summed E-state index contributed by atoms with van der Waals surface area (Å²) in [5, 5.41) is 2.59. The van der Waals surface area contributed by atoms with E-state index in [1.54, 1.807) is 24.1 Å². The lowest BCUT2D eigenvalue weighted by Crippen LogP contribution is -2.46. The molecule has 1 fully saturated rings. The Morgan fingerprint density at radius 3 is 2.24 bits per heavy atom. The second-order valence-electron chi connectivity index (χ2n) is 13.9. The molecule has 6 rings (SSSR count). The third kappa shape index (κ3) is 5.74. The Labute approximate surface area is 271 Å². The predicted octanol–water partition coefficient (Wildman–Crippen LogP) is 6.57. The molecule has 9 nitrogen and oxygen atoms in total. The maximum Gasteiger partial charge on any atom is 0.407 e. The van der Waals surface area contributed by atoms with Gasteiger partial charge in [0.25, 0.3) is 14.2 Å². The predicted molar refractivity (Wildman–Crippen MR) is 180 cm³/mol. The van der Waals surface area contributed by atoms with Crippen LogP contribution in [-0.4, -0.2) is 70.5 Å². The van der Waals surface area contributed by atoms with Crippen LogP contribution >= 0.6 is 0 Å². The average Bonchev–Trinajstić information content (AvgIpc) is 3.60. The molecule has 0 saturated carbocycles. The molecule has 0 unspecified atom stereocenters. The number of nitrogens with one attached hydrogen (secondary N) is 1. The Morgan fingerprint density at radius 2 is 1.61 bits per heavy atom. The number of carbonyl (C=O) groups excluding carboxylic acids is 3. The molecule has 1 atom stereocenters. The summed E-state index contributed by atoms with van der Waals surface area (Å²) < 4.78 is 18.0. The van der Waals surface area contributed by atoms with Crippen molar-refractivity contribution in [3.8, 4) is 22.6 Å². The van der Waals surface area contributed by atoms with Crippen LogP contribution in [0, 0.1) is 0 Å². The first-order valence-corrected chi connectivity index (χ1v) is 18.9. The Morgan fingerprint density at radius 1 is 0.957 bits per heavy atom.